The highest BCUT2D eigenvalue weighted by atomic mass is 32.1. The summed E-state index contributed by atoms with van der Waals surface area (Å²) in [6.07, 6.45) is 1.39. The molecule has 0 atom stereocenters. The Morgan fingerprint density at radius 1 is 1.89 bits per heavy atom. The maximum atomic E-state index is 4.79. The lowest BCUT2D eigenvalue weighted by atomic mass is 10.7. The summed E-state index contributed by atoms with van der Waals surface area (Å²) in [6.45, 7) is 4.62. The summed E-state index contributed by atoms with van der Waals surface area (Å²) in [5, 5.41) is 2.80. The zero-order chi connectivity index (χ0) is 7.11. The lowest BCUT2D eigenvalue weighted by molar-refractivity contribution is 0.256. The Kier molecular flexibility index (Phi) is 5.76. The molecule has 52 valence electrons. The van der Waals surface area contributed by atoms with Crippen LogP contribution in [0.1, 0.15) is 0 Å². The van der Waals surface area contributed by atoms with Crippen molar-refractivity contribution in [1.82, 2.24) is 5.32 Å². The fourth-order valence-electron chi connectivity index (χ4n) is 0.300. The molecule has 0 saturated heterocycles. The molecule has 0 amide bonds. The summed E-state index contributed by atoms with van der Waals surface area (Å²) >= 11 is 8.46. The molecule has 2 nitrogen and oxygen atoms in total. The van der Waals surface area contributed by atoms with Gasteiger partial charge in [0.25, 0.3) is 0 Å². The van der Waals surface area contributed by atoms with E-state index >= 15 is 0 Å². The number of nitrogens with one attached hydrogen (secondary N) is 1. The number of hydrogen-bond acceptors (Lipinski definition) is 2. The molecule has 0 heterocycles. The van der Waals surface area contributed by atoms with Gasteiger partial charge in [-0.05, 0) is 0 Å². The van der Waals surface area contributed by atoms with Crippen molar-refractivity contribution in [2.75, 3.05) is 13.2 Å². The van der Waals surface area contributed by atoms with E-state index in [0.29, 0.717) is 17.5 Å². The van der Waals surface area contributed by atoms with Crippen LogP contribution in [0.5, 0.6) is 0 Å². The fraction of sp³-hybridized carbons (Fsp3) is 0.400. The van der Waals surface area contributed by atoms with Gasteiger partial charge >= 0.3 is 0 Å². The van der Waals surface area contributed by atoms with Gasteiger partial charge < -0.3 is 10.1 Å². The Bertz CT molecular complexity index is 105. The highest BCUT2D eigenvalue weighted by molar-refractivity contribution is 8.11. The SMILES string of the molecule is C=COCCNC(=S)S. The van der Waals surface area contributed by atoms with Gasteiger partial charge in [0, 0.05) is 0 Å². The zero-order valence-corrected chi connectivity index (χ0v) is 6.67. The standard InChI is InChI=1S/C5H9NOS2/c1-2-7-4-3-6-5(8)9/h2H,1,3-4H2,(H2,6,8,9). The van der Waals surface area contributed by atoms with Crippen molar-refractivity contribution < 1.29 is 4.74 Å². The van der Waals surface area contributed by atoms with E-state index in [1.165, 1.54) is 6.26 Å². The number of thiol groups is 1. The van der Waals surface area contributed by atoms with Gasteiger partial charge in [0.05, 0.1) is 12.8 Å². The van der Waals surface area contributed by atoms with Gasteiger partial charge in [-0.15, -0.1) is 12.6 Å². The predicted molar refractivity (Wildman–Crippen MR) is 45.7 cm³/mol. The maximum Gasteiger partial charge on any atom is 0.130 e. The van der Waals surface area contributed by atoms with Crippen LogP contribution in [0.3, 0.4) is 0 Å². The van der Waals surface area contributed by atoms with Crippen LogP contribution in [0.2, 0.25) is 0 Å². The predicted octanol–water partition coefficient (Wildman–Crippen LogP) is 0.951. The van der Waals surface area contributed by atoms with Crippen LogP contribution < -0.4 is 5.32 Å². The Balaban J connectivity index is 2.91. The Morgan fingerprint density at radius 2 is 2.56 bits per heavy atom. The Morgan fingerprint density at radius 3 is 3.00 bits per heavy atom. The summed E-state index contributed by atoms with van der Waals surface area (Å²) in [6, 6.07) is 0. The Labute approximate surface area is 65.7 Å². The molecule has 0 rings (SSSR count). The third-order valence-corrected chi connectivity index (χ3v) is 0.916. The molecule has 0 aromatic carbocycles. The van der Waals surface area contributed by atoms with Gasteiger partial charge in [-0.3, -0.25) is 0 Å². The molecule has 0 aliphatic heterocycles. The molecule has 1 N–H and O–H groups in total. The summed E-state index contributed by atoms with van der Waals surface area (Å²) in [7, 11) is 0. The van der Waals surface area contributed by atoms with Gasteiger partial charge in [-0.1, -0.05) is 18.8 Å². The third-order valence-electron chi connectivity index (χ3n) is 0.614. The molecule has 0 aliphatic rings. The molecule has 0 aliphatic carbocycles. The first kappa shape index (κ1) is 8.78. The summed E-state index contributed by atoms with van der Waals surface area (Å²) in [5.74, 6) is 0. The minimum Gasteiger partial charge on any atom is -0.500 e. The van der Waals surface area contributed by atoms with Crippen LogP contribution in [0, 0.1) is 0 Å². The number of thiocarbonyl (C=S) groups is 1. The van der Waals surface area contributed by atoms with Gasteiger partial charge in [0.2, 0.25) is 0 Å². The van der Waals surface area contributed by atoms with E-state index in [-0.39, 0.29) is 0 Å². The highest BCUT2D eigenvalue weighted by Crippen LogP contribution is 1.77. The van der Waals surface area contributed by atoms with E-state index in [1.807, 2.05) is 0 Å². The molecule has 4 heteroatoms. The van der Waals surface area contributed by atoms with Crippen LogP contribution >= 0.6 is 24.8 Å². The second-order valence-electron chi connectivity index (χ2n) is 1.27. The lowest BCUT2D eigenvalue weighted by Crippen LogP contribution is -2.20. The first-order valence-corrected chi connectivity index (χ1v) is 3.32. The minimum atomic E-state index is 0.489. The molecular weight excluding hydrogens is 154 g/mol. The quantitative estimate of drug-likeness (QED) is 0.279. The van der Waals surface area contributed by atoms with E-state index < -0.39 is 0 Å². The maximum absolute atomic E-state index is 4.79. The van der Waals surface area contributed by atoms with Crippen molar-refractivity contribution in [3.05, 3.63) is 12.8 Å². The molecule has 0 bridgehead atoms. The van der Waals surface area contributed by atoms with Crippen LogP contribution in [0.25, 0.3) is 0 Å². The topological polar surface area (TPSA) is 21.3 Å². The molecular formula is C5H9NOS2. The van der Waals surface area contributed by atoms with Crippen molar-refractivity contribution in [3.8, 4) is 0 Å². The molecule has 9 heavy (non-hydrogen) atoms. The molecule has 0 fully saturated rings. The molecule has 0 radical (unpaired) electrons. The van der Waals surface area contributed by atoms with Crippen molar-refractivity contribution in [3.63, 3.8) is 0 Å². The Hall–Kier alpha value is -0.220. The van der Waals surface area contributed by atoms with Crippen molar-refractivity contribution in [2.45, 2.75) is 0 Å². The molecule has 0 spiro atoms. The van der Waals surface area contributed by atoms with E-state index in [4.69, 9.17) is 4.74 Å². The van der Waals surface area contributed by atoms with E-state index in [2.05, 4.69) is 36.7 Å². The van der Waals surface area contributed by atoms with Gasteiger partial charge in [0.1, 0.15) is 10.9 Å². The highest BCUT2D eigenvalue weighted by Gasteiger charge is 1.84. The van der Waals surface area contributed by atoms with E-state index in [9.17, 15) is 0 Å². The number of rotatable bonds is 4. The second-order valence-corrected chi connectivity index (χ2v) is 2.43. The zero-order valence-electron chi connectivity index (χ0n) is 4.96. The summed E-state index contributed by atoms with van der Waals surface area (Å²) in [4.78, 5) is 0. The van der Waals surface area contributed by atoms with Gasteiger partial charge in [0.15, 0.2) is 0 Å². The fourth-order valence-corrected chi connectivity index (χ4v) is 0.514. The monoisotopic (exact) mass is 163 g/mol. The van der Waals surface area contributed by atoms with Crippen LogP contribution in [0.15, 0.2) is 12.8 Å². The largest absolute Gasteiger partial charge is 0.500 e. The van der Waals surface area contributed by atoms with Gasteiger partial charge in [-0.2, -0.15) is 0 Å². The van der Waals surface area contributed by atoms with Crippen molar-refractivity contribution in [2.24, 2.45) is 0 Å². The second kappa shape index (κ2) is 5.91. The molecule has 0 unspecified atom stereocenters. The summed E-state index contributed by atoms with van der Waals surface area (Å²) in [5.41, 5.74) is 0. The van der Waals surface area contributed by atoms with Crippen molar-refractivity contribution >= 4 is 29.2 Å². The average Bonchev–Trinajstić information content (AvgIpc) is 1.80. The average molecular weight is 163 g/mol. The first-order chi connectivity index (χ1) is 4.27. The van der Waals surface area contributed by atoms with Crippen LogP contribution in [-0.4, -0.2) is 17.5 Å². The van der Waals surface area contributed by atoms with Crippen molar-refractivity contribution in [1.29, 1.82) is 0 Å². The minimum absolute atomic E-state index is 0.489. The van der Waals surface area contributed by atoms with E-state index in [1.54, 1.807) is 0 Å². The van der Waals surface area contributed by atoms with Crippen LogP contribution in [0.4, 0.5) is 0 Å². The van der Waals surface area contributed by atoms with Gasteiger partial charge in [-0.25, -0.2) is 0 Å². The first-order valence-electron chi connectivity index (χ1n) is 2.46. The van der Waals surface area contributed by atoms with E-state index in [0.717, 1.165) is 0 Å². The molecule has 0 saturated carbocycles. The molecule has 0 aromatic rings. The lowest BCUT2D eigenvalue weighted by Gasteiger charge is -2.00. The van der Waals surface area contributed by atoms with Crippen LogP contribution in [-0.2, 0) is 4.74 Å². The number of ether oxygens (including phenoxy) is 1. The smallest absolute Gasteiger partial charge is 0.130 e. The molecule has 0 aromatic heterocycles. The third kappa shape index (κ3) is 7.78. The normalized spacial score (nSPS) is 8.11. The summed E-state index contributed by atoms with van der Waals surface area (Å²) < 4.78 is 5.28. The number of hydrogen-bond donors (Lipinski definition) is 2.